The van der Waals surface area contributed by atoms with Crippen molar-refractivity contribution in [2.45, 2.75) is 38.0 Å². The number of nitrogens with one attached hydrogen (secondary N) is 1. The van der Waals surface area contributed by atoms with Crippen LogP contribution in [0.3, 0.4) is 0 Å². The van der Waals surface area contributed by atoms with Crippen molar-refractivity contribution in [1.82, 2.24) is 10.2 Å². The van der Waals surface area contributed by atoms with Gasteiger partial charge in [0.15, 0.2) is 0 Å². The minimum atomic E-state index is -0.685. The fourth-order valence-electron chi connectivity index (χ4n) is 2.86. The van der Waals surface area contributed by atoms with E-state index < -0.39 is 10.8 Å². The summed E-state index contributed by atoms with van der Waals surface area (Å²) in [6.07, 6.45) is 1.71. The Morgan fingerprint density at radius 3 is 2.79 bits per heavy atom. The molecule has 4 nitrogen and oxygen atoms in total. The van der Waals surface area contributed by atoms with Crippen molar-refractivity contribution in [3.63, 3.8) is 0 Å². The van der Waals surface area contributed by atoms with Gasteiger partial charge in [-0.3, -0.25) is 14.3 Å². The standard InChI is InChI=1S/C13H18N2O2S2/c1-9-13(16)15(10-4-7-19(17)8-5-10)12(14-9)11-3-2-6-18-11/h2-3,6,9-10,12,14H,4-5,7-8H2,1H3. The van der Waals surface area contributed by atoms with Gasteiger partial charge in [0.2, 0.25) is 5.91 Å². The molecule has 1 aromatic heterocycles. The maximum atomic E-state index is 12.4. The fourth-order valence-corrected chi connectivity index (χ4v) is 4.91. The first-order valence-electron chi connectivity index (χ1n) is 6.63. The number of thiophene rings is 1. The van der Waals surface area contributed by atoms with Crippen molar-refractivity contribution in [1.29, 1.82) is 0 Å². The largest absolute Gasteiger partial charge is 0.318 e. The van der Waals surface area contributed by atoms with Crippen molar-refractivity contribution in [2.24, 2.45) is 0 Å². The summed E-state index contributed by atoms with van der Waals surface area (Å²) in [5.41, 5.74) is 0. The first-order valence-corrected chi connectivity index (χ1v) is 9.00. The summed E-state index contributed by atoms with van der Waals surface area (Å²) in [5, 5.41) is 5.42. The van der Waals surface area contributed by atoms with Crippen LogP contribution in [0.15, 0.2) is 17.5 Å². The van der Waals surface area contributed by atoms with Crippen molar-refractivity contribution < 1.29 is 9.00 Å². The molecule has 2 saturated heterocycles. The van der Waals surface area contributed by atoms with Gasteiger partial charge in [0, 0.05) is 33.2 Å². The van der Waals surface area contributed by atoms with E-state index in [0.717, 1.165) is 24.3 Å². The zero-order valence-electron chi connectivity index (χ0n) is 10.9. The van der Waals surface area contributed by atoms with E-state index in [1.165, 1.54) is 4.88 Å². The minimum Gasteiger partial charge on any atom is -0.318 e. The van der Waals surface area contributed by atoms with E-state index in [1.807, 2.05) is 23.3 Å². The van der Waals surface area contributed by atoms with E-state index in [2.05, 4.69) is 11.4 Å². The SMILES string of the molecule is CC1NC(c2cccs2)N(C2CCS(=O)CC2)C1=O. The third kappa shape index (κ3) is 2.49. The highest BCUT2D eigenvalue weighted by Gasteiger charge is 2.42. The average molecular weight is 298 g/mol. The lowest BCUT2D eigenvalue weighted by Gasteiger charge is -2.34. The van der Waals surface area contributed by atoms with E-state index in [-0.39, 0.29) is 24.2 Å². The molecule has 2 unspecified atom stereocenters. The number of carbonyl (C=O) groups excluding carboxylic acids is 1. The lowest BCUT2D eigenvalue weighted by molar-refractivity contribution is -0.132. The van der Waals surface area contributed by atoms with Gasteiger partial charge in [-0.1, -0.05) is 6.07 Å². The molecule has 3 rings (SSSR count). The van der Waals surface area contributed by atoms with Crippen LogP contribution in [-0.2, 0) is 15.6 Å². The Bertz CT molecular complexity index is 479. The third-order valence-corrected chi connectivity index (χ3v) is 6.18. The Morgan fingerprint density at radius 1 is 1.42 bits per heavy atom. The molecule has 2 atom stereocenters. The molecule has 2 aliphatic rings. The van der Waals surface area contributed by atoms with Crippen LogP contribution in [0.25, 0.3) is 0 Å². The van der Waals surface area contributed by atoms with Gasteiger partial charge in [0.25, 0.3) is 0 Å². The van der Waals surface area contributed by atoms with Gasteiger partial charge in [-0.25, -0.2) is 0 Å². The normalized spacial score (nSPS) is 35.8. The van der Waals surface area contributed by atoms with Gasteiger partial charge in [-0.2, -0.15) is 0 Å². The van der Waals surface area contributed by atoms with E-state index in [4.69, 9.17) is 0 Å². The summed E-state index contributed by atoms with van der Waals surface area (Å²) in [4.78, 5) is 15.6. The molecular formula is C13H18N2O2S2. The van der Waals surface area contributed by atoms with Crippen LogP contribution in [0.1, 0.15) is 30.8 Å². The smallest absolute Gasteiger partial charge is 0.241 e. The minimum absolute atomic E-state index is 0.000893. The monoisotopic (exact) mass is 298 g/mol. The lowest BCUT2D eigenvalue weighted by atomic mass is 10.1. The molecule has 1 N–H and O–H groups in total. The average Bonchev–Trinajstić information content (AvgIpc) is 3.01. The molecule has 3 heterocycles. The number of hydrogen-bond acceptors (Lipinski definition) is 4. The Labute approximate surface area is 119 Å². The molecule has 0 aliphatic carbocycles. The van der Waals surface area contributed by atoms with Gasteiger partial charge in [-0.15, -0.1) is 11.3 Å². The number of rotatable bonds is 2. The molecular weight excluding hydrogens is 280 g/mol. The molecule has 1 aromatic rings. The highest BCUT2D eigenvalue weighted by atomic mass is 32.2. The van der Waals surface area contributed by atoms with E-state index in [0.29, 0.717) is 0 Å². The highest BCUT2D eigenvalue weighted by molar-refractivity contribution is 7.85. The second kappa shape index (κ2) is 5.34. The van der Waals surface area contributed by atoms with Crippen LogP contribution < -0.4 is 5.32 Å². The fraction of sp³-hybridized carbons (Fsp3) is 0.615. The van der Waals surface area contributed by atoms with Gasteiger partial charge >= 0.3 is 0 Å². The molecule has 1 amide bonds. The summed E-state index contributed by atoms with van der Waals surface area (Å²) in [6.45, 7) is 1.92. The van der Waals surface area contributed by atoms with Gasteiger partial charge in [-0.05, 0) is 31.2 Å². The maximum absolute atomic E-state index is 12.4. The molecule has 0 spiro atoms. The molecule has 0 aromatic carbocycles. The van der Waals surface area contributed by atoms with Crippen molar-refractivity contribution in [3.8, 4) is 0 Å². The molecule has 104 valence electrons. The van der Waals surface area contributed by atoms with E-state index >= 15 is 0 Å². The summed E-state index contributed by atoms with van der Waals surface area (Å²) >= 11 is 1.68. The van der Waals surface area contributed by atoms with Gasteiger partial charge < -0.3 is 4.90 Å². The first kappa shape index (κ1) is 13.3. The van der Waals surface area contributed by atoms with Crippen LogP contribution >= 0.6 is 11.3 Å². The Kier molecular flexibility index (Phi) is 3.73. The topological polar surface area (TPSA) is 49.4 Å². The van der Waals surface area contributed by atoms with Crippen molar-refractivity contribution >= 4 is 28.0 Å². The second-order valence-electron chi connectivity index (χ2n) is 5.13. The van der Waals surface area contributed by atoms with E-state index in [1.54, 1.807) is 11.3 Å². The van der Waals surface area contributed by atoms with Crippen LogP contribution in [0.5, 0.6) is 0 Å². The third-order valence-electron chi connectivity index (χ3n) is 3.87. The van der Waals surface area contributed by atoms with Gasteiger partial charge in [0.05, 0.1) is 6.04 Å². The maximum Gasteiger partial charge on any atom is 0.241 e. The Morgan fingerprint density at radius 2 is 2.16 bits per heavy atom. The predicted octanol–water partition coefficient (Wildman–Crippen LogP) is 1.48. The van der Waals surface area contributed by atoms with Gasteiger partial charge in [0.1, 0.15) is 6.17 Å². The summed E-state index contributed by atoms with van der Waals surface area (Å²) < 4.78 is 11.5. The number of amides is 1. The first-order chi connectivity index (χ1) is 9.16. The highest BCUT2D eigenvalue weighted by Crippen LogP contribution is 2.33. The number of carbonyl (C=O) groups is 1. The van der Waals surface area contributed by atoms with Crippen LogP contribution in [0.2, 0.25) is 0 Å². The molecule has 2 fully saturated rings. The van der Waals surface area contributed by atoms with E-state index in [9.17, 15) is 9.00 Å². The second-order valence-corrected chi connectivity index (χ2v) is 7.81. The zero-order chi connectivity index (χ0) is 13.4. The van der Waals surface area contributed by atoms with Crippen LogP contribution in [-0.4, -0.2) is 38.6 Å². The Balaban J connectivity index is 1.83. The lowest BCUT2D eigenvalue weighted by Crippen LogP contribution is -2.43. The van der Waals surface area contributed by atoms with Crippen molar-refractivity contribution in [3.05, 3.63) is 22.4 Å². The van der Waals surface area contributed by atoms with Crippen LogP contribution in [0.4, 0.5) is 0 Å². The van der Waals surface area contributed by atoms with Crippen LogP contribution in [0, 0.1) is 0 Å². The molecule has 0 radical (unpaired) electrons. The molecule has 2 aliphatic heterocycles. The number of nitrogens with zero attached hydrogens (tertiary/aromatic N) is 1. The molecule has 0 saturated carbocycles. The summed E-state index contributed by atoms with van der Waals surface area (Å²) in [6, 6.07) is 4.19. The molecule has 6 heteroatoms. The van der Waals surface area contributed by atoms with Crippen molar-refractivity contribution in [2.75, 3.05) is 11.5 Å². The summed E-state index contributed by atoms with van der Waals surface area (Å²) in [5.74, 6) is 1.62. The molecule has 19 heavy (non-hydrogen) atoms. The Hall–Kier alpha value is -0.720. The molecule has 0 bridgehead atoms. The quantitative estimate of drug-likeness (QED) is 0.900. The zero-order valence-corrected chi connectivity index (χ0v) is 12.5. The predicted molar refractivity (Wildman–Crippen MR) is 77.4 cm³/mol. The summed E-state index contributed by atoms with van der Waals surface area (Å²) in [7, 11) is -0.685. The number of hydrogen-bond donors (Lipinski definition) is 1.